The number of aromatic nitrogens is 6. The minimum atomic E-state index is 0.0321. The van der Waals surface area contributed by atoms with Crippen LogP contribution in [0.15, 0.2) is 177 Å². The van der Waals surface area contributed by atoms with E-state index in [1.54, 1.807) is 0 Å². The topological polar surface area (TPSA) is 117 Å². The third-order valence-electron chi connectivity index (χ3n) is 19.1. The Hall–Kier alpha value is -9.29. The Morgan fingerprint density at radius 2 is 0.455 bits per heavy atom. The molecule has 0 fully saturated rings. The van der Waals surface area contributed by atoms with E-state index < -0.39 is 0 Å². The molecular weight excluding hydrogens is 1250 g/mol. The van der Waals surface area contributed by atoms with Gasteiger partial charge in [-0.05, 0) is 192 Å². The number of aryl methyl sites for hydroxylation is 12. The molecule has 0 bridgehead atoms. The molecule has 99 heavy (non-hydrogen) atoms. The van der Waals surface area contributed by atoms with Gasteiger partial charge in [0.15, 0.2) is 0 Å². The Bertz CT molecular complexity index is 4490. The standard InChI is InChI=1S/C44H48B2S2.C42H42N6O3/c1-25-17-29(5)41(30(6)18-25)45(42-31(7)19-26(2)20-32(42)8)39-15-13-37(47-39)38-14-16-40(48-38)46(43-33(9)21-27(3)22-34(43)10)44-35(11)23-28(4)24-36(44)12;1-40(2,3)31-16-10-25(11-17-31)34-43-46-37(49-34)28-22-29(38-47-44-35(50-38)26-12-18-32(19-13-26)41(4,5)6)24-30(23-28)39-48-45-36(51-39)27-14-20-33(21-15-27)42(7,8)9/h13-24H,1-12H3;10-24H,1-9H3. The lowest BCUT2D eigenvalue weighted by atomic mass is 9.37. The van der Waals surface area contributed by atoms with Crippen LogP contribution >= 0.6 is 22.7 Å². The molecule has 9 nitrogen and oxygen atoms in total. The second kappa shape index (κ2) is 27.4. The third-order valence-corrected chi connectivity index (χ3v) is 21.6. The molecule has 0 saturated heterocycles. The van der Waals surface area contributed by atoms with E-state index in [0.29, 0.717) is 52.0 Å². The van der Waals surface area contributed by atoms with Gasteiger partial charge < -0.3 is 13.3 Å². The van der Waals surface area contributed by atoms with Crippen molar-refractivity contribution < 1.29 is 13.3 Å². The zero-order valence-corrected chi connectivity index (χ0v) is 63.1. The number of hydrogen-bond donors (Lipinski definition) is 0. The first-order valence-electron chi connectivity index (χ1n) is 34.4. The summed E-state index contributed by atoms with van der Waals surface area (Å²) < 4.78 is 21.5. The van der Waals surface area contributed by atoms with Crippen LogP contribution in [0.2, 0.25) is 0 Å². The van der Waals surface area contributed by atoms with Gasteiger partial charge in [-0.15, -0.1) is 53.3 Å². The molecule has 13 heteroatoms. The molecule has 500 valence electrons. The Morgan fingerprint density at radius 3 is 0.657 bits per heavy atom. The van der Waals surface area contributed by atoms with Crippen LogP contribution in [-0.4, -0.2) is 44.0 Å². The Balaban J connectivity index is 0.000000188. The molecular formula is C86H90B2N6O3S2. The SMILES string of the molecule is CC(C)(C)c1ccc(-c2nnc(-c3cc(-c4nnc(-c5ccc(C(C)(C)C)cc5)o4)cc(-c4nnc(-c5ccc(C(C)(C)C)cc5)o4)c3)o2)cc1.Cc1cc(C)c(B(c2ccc(-c3ccc(B(c4c(C)cc(C)cc4C)c4c(C)cc(C)cc4C)s3)s2)c2c(C)cc(C)cc2C)c(C)c1. The van der Waals surface area contributed by atoms with Crippen LogP contribution in [0.5, 0.6) is 0 Å². The van der Waals surface area contributed by atoms with Gasteiger partial charge in [0.25, 0.3) is 13.4 Å². The van der Waals surface area contributed by atoms with Crippen molar-refractivity contribution in [1.82, 2.24) is 30.6 Å². The smallest absolute Gasteiger partial charge is 0.255 e. The quantitative estimate of drug-likeness (QED) is 0.104. The molecule has 0 amide bonds. The number of thiophene rings is 2. The lowest BCUT2D eigenvalue weighted by Crippen LogP contribution is -2.54. The lowest BCUT2D eigenvalue weighted by molar-refractivity contribution is 0.578. The predicted octanol–water partition coefficient (Wildman–Crippen LogP) is 18.9. The molecule has 0 N–H and O–H groups in total. The Labute approximate surface area is 594 Å². The molecule has 0 aliphatic carbocycles. The van der Waals surface area contributed by atoms with Gasteiger partial charge in [0.05, 0.1) is 0 Å². The zero-order valence-electron chi connectivity index (χ0n) is 61.5. The molecule has 0 saturated carbocycles. The zero-order chi connectivity index (χ0) is 70.7. The van der Waals surface area contributed by atoms with Crippen molar-refractivity contribution in [2.75, 3.05) is 0 Å². The van der Waals surface area contributed by atoms with Gasteiger partial charge in [0, 0.05) is 43.1 Å². The molecule has 8 aromatic carbocycles. The number of hydrogen-bond acceptors (Lipinski definition) is 11. The van der Waals surface area contributed by atoms with E-state index in [1.807, 2.05) is 77.3 Å². The number of benzene rings is 8. The van der Waals surface area contributed by atoms with Crippen molar-refractivity contribution in [3.63, 3.8) is 0 Å². The molecule has 5 aromatic heterocycles. The molecule has 0 spiro atoms. The summed E-state index contributed by atoms with van der Waals surface area (Å²) in [5, 5.41) is 26.4. The Kier molecular flexibility index (Phi) is 19.3. The van der Waals surface area contributed by atoms with Crippen molar-refractivity contribution in [2.45, 2.75) is 162 Å². The van der Waals surface area contributed by atoms with E-state index in [4.69, 9.17) is 13.3 Å². The maximum atomic E-state index is 6.23. The summed E-state index contributed by atoms with van der Waals surface area (Å²) in [7, 11) is 0. The molecule has 0 aliphatic heterocycles. The van der Waals surface area contributed by atoms with Gasteiger partial charge in [-0.3, -0.25) is 0 Å². The monoisotopic (exact) mass is 1340 g/mol. The molecule has 0 aliphatic rings. The predicted molar refractivity (Wildman–Crippen MR) is 418 cm³/mol. The van der Waals surface area contributed by atoms with Crippen LogP contribution in [0.1, 0.15) is 146 Å². The van der Waals surface area contributed by atoms with Crippen LogP contribution in [-0.2, 0) is 16.2 Å². The average Bonchev–Trinajstić information content (AvgIpc) is 1.75. The largest absolute Gasteiger partial charge is 0.416 e. The average molecular weight is 1340 g/mol. The minimum absolute atomic E-state index is 0.0321. The van der Waals surface area contributed by atoms with Crippen molar-refractivity contribution in [3.05, 3.63) is 247 Å². The second-order valence-corrected chi connectivity index (χ2v) is 32.8. The summed E-state index contributed by atoms with van der Waals surface area (Å²) in [6, 6.07) is 58.6. The first-order valence-corrected chi connectivity index (χ1v) is 36.0. The van der Waals surface area contributed by atoms with E-state index in [0.717, 1.165) is 16.7 Å². The van der Waals surface area contributed by atoms with Crippen LogP contribution in [0.4, 0.5) is 0 Å². The van der Waals surface area contributed by atoms with Gasteiger partial charge in [-0.2, -0.15) is 0 Å². The number of rotatable bonds is 13. The molecule has 13 aromatic rings. The molecule has 5 heterocycles. The first kappa shape index (κ1) is 69.6. The van der Waals surface area contributed by atoms with Crippen molar-refractivity contribution in [1.29, 1.82) is 0 Å². The van der Waals surface area contributed by atoms with E-state index in [2.05, 4.69) is 285 Å². The highest BCUT2D eigenvalue weighted by Gasteiger charge is 2.33. The molecule has 0 radical (unpaired) electrons. The summed E-state index contributed by atoms with van der Waals surface area (Å²) in [6.45, 7) is 47.3. The molecule has 13 rings (SSSR count). The highest BCUT2D eigenvalue weighted by atomic mass is 32.1. The van der Waals surface area contributed by atoms with E-state index in [1.165, 1.54) is 125 Å². The van der Waals surface area contributed by atoms with Gasteiger partial charge in [0.2, 0.25) is 35.3 Å². The van der Waals surface area contributed by atoms with Gasteiger partial charge in [-0.25, -0.2) is 0 Å². The molecule has 0 unspecified atom stereocenters. The fourth-order valence-electron chi connectivity index (χ4n) is 14.4. The van der Waals surface area contributed by atoms with Crippen LogP contribution in [0.3, 0.4) is 0 Å². The second-order valence-electron chi connectivity index (χ2n) is 30.5. The van der Waals surface area contributed by atoms with Crippen LogP contribution in [0, 0.1) is 83.1 Å². The summed E-state index contributed by atoms with van der Waals surface area (Å²) in [6.07, 6.45) is 0. The van der Waals surface area contributed by atoms with Crippen LogP contribution in [0.25, 0.3) is 78.5 Å². The first-order chi connectivity index (χ1) is 46.8. The lowest BCUT2D eigenvalue weighted by Gasteiger charge is -2.23. The highest BCUT2D eigenvalue weighted by molar-refractivity contribution is 7.34. The van der Waals surface area contributed by atoms with Gasteiger partial charge in [0.1, 0.15) is 0 Å². The van der Waals surface area contributed by atoms with Gasteiger partial charge in [-0.1, -0.05) is 248 Å². The summed E-state index contributed by atoms with van der Waals surface area (Å²) in [5.74, 6) is 2.20. The normalized spacial score (nSPS) is 11.9. The number of nitrogens with zero attached hydrogens (tertiary/aromatic N) is 6. The summed E-state index contributed by atoms with van der Waals surface area (Å²) >= 11 is 3.94. The maximum absolute atomic E-state index is 6.23. The third kappa shape index (κ3) is 14.9. The van der Waals surface area contributed by atoms with Crippen molar-refractivity contribution in [3.8, 4) is 78.5 Å². The van der Waals surface area contributed by atoms with Crippen molar-refractivity contribution in [2.24, 2.45) is 0 Å². The van der Waals surface area contributed by atoms with E-state index in [9.17, 15) is 0 Å². The maximum Gasteiger partial charge on any atom is 0.255 e. The van der Waals surface area contributed by atoms with Crippen LogP contribution < -0.4 is 31.4 Å². The highest BCUT2D eigenvalue weighted by Crippen LogP contribution is 2.37. The Morgan fingerprint density at radius 1 is 0.253 bits per heavy atom. The van der Waals surface area contributed by atoms with Gasteiger partial charge >= 0.3 is 0 Å². The molecule has 0 atom stereocenters. The summed E-state index contributed by atoms with van der Waals surface area (Å²) in [5.41, 5.74) is 30.3. The minimum Gasteiger partial charge on any atom is -0.416 e. The van der Waals surface area contributed by atoms with E-state index in [-0.39, 0.29) is 29.7 Å². The summed E-state index contributed by atoms with van der Waals surface area (Å²) in [4.78, 5) is 2.70. The fourth-order valence-corrected chi connectivity index (χ4v) is 16.8. The van der Waals surface area contributed by atoms with E-state index >= 15 is 0 Å². The van der Waals surface area contributed by atoms with Crippen molar-refractivity contribution >= 4 is 67.5 Å². The fraction of sp³-hybridized carbons (Fsp3) is 0.279.